The van der Waals surface area contributed by atoms with Crippen LogP contribution in [0.15, 0.2) is 36.7 Å². The van der Waals surface area contributed by atoms with E-state index < -0.39 is 0 Å². The summed E-state index contributed by atoms with van der Waals surface area (Å²) < 4.78 is 7.42. The van der Waals surface area contributed by atoms with E-state index in [2.05, 4.69) is 36.1 Å². The Morgan fingerprint density at radius 3 is 2.62 bits per heavy atom. The first-order chi connectivity index (χ1) is 11.6. The highest BCUT2D eigenvalue weighted by Gasteiger charge is 2.37. The number of benzene rings is 1. The molecule has 0 bridgehead atoms. The van der Waals surface area contributed by atoms with Crippen molar-refractivity contribution in [3.8, 4) is 5.88 Å². The van der Waals surface area contributed by atoms with E-state index in [0.29, 0.717) is 0 Å². The molecule has 1 saturated heterocycles. The van der Waals surface area contributed by atoms with Crippen LogP contribution in [0.25, 0.3) is 4.96 Å². The number of thiazole rings is 1. The molecule has 1 aliphatic rings. The summed E-state index contributed by atoms with van der Waals surface area (Å²) in [5.74, 6) is 0.195. The topological polar surface area (TPSA) is 64.1 Å². The van der Waals surface area contributed by atoms with Crippen LogP contribution in [0.2, 0.25) is 0 Å². The summed E-state index contributed by atoms with van der Waals surface area (Å²) in [4.78, 5) is 7.25. The van der Waals surface area contributed by atoms with Crippen LogP contribution in [0, 0.1) is 0 Å². The van der Waals surface area contributed by atoms with E-state index in [-0.39, 0.29) is 24.1 Å². The highest BCUT2D eigenvalue weighted by Crippen LogP contribution is 2.34. The highest BCUT2D eigenvalue weighted by atomic mass is 32.1. The quantitative estimate of drug-likeness (QED) is 0.751. The number of rotatable bonds is 3. The summed E-state index contributed by atoms with van der Waals surface area (Å²) in [7, 11) is 0. The molecule has 2 N–H and O–H groups in total. The van der Waals surface area contributed by atoms with E-state index in [0.717, 1.165) is 22.9 Å². The zero-order chi connectivity index (χ0) is 16.7. The number of ether oxygens (including phenoxy) is 1. The number of quaternary nitrogens is 1. The first kappa shape index (κ1) is 15.6. The average Bonchev–Trinajstić information content (AvgIpc) is 3.12. The van der Waals surface area contributed by atoms with E-state index in [1.807, 2.05) is 18.2 Å². The third-order valence-electron chi connectivity index (χ3n) is 4.51. The summed E-state index contributed by atoms with van der Waals surface area (Å²) in [6.45, 7) is 6.02. The molecule has 0 radical (unpaired) electrons. The van der Waals surface area contributed by atoms with Crippen molar-refractivity contribution in [2.45, 2.75) is 32.1 Å². The summed E-state index contributed by atoms with van der Waals surface area (Å²) in [5, 5.41) is 14.8. The number of aromatic nitrogens is 3. The van der Waals surface area contributed by atoms with Gasteiger partial charge in [-0.25, -0.2) is 4.98 Å². The lowest BCUT2D eigenvalue weighted by molar-refractivity contribution is -0.939. The highest BCUT2D eigenvalue weighted by molar-refractivity contribution is 7.17. The van der Waals surface area contributed by atoms with E-state index in [1.54, 1.807) is 0 Å². The molecule has 0 spiro atoms. The predicted molar refractivity (Wildman–Crippen MR) is 91.5 cm³/mol. The van der Waals surface area contributed by atoms with Crippen LogP contribution in [0.4, 0.5) is 0 Å². The van der Waals surface area contributed by atoms with Gasteiger partial charge in [0, 0.05) is 5.56 Å². The maximum Gasteiger partial charge on any atom is 0.235 e. The molecule has 24 heavy (non-hydrogen) atoms. The smallest absolute Gasteiger partial charge is 0.235 e. The number of aromatic hydroxyl groups is 1. The number of nitrogens with one attached hydrogen (secondary N) is 1. The number of morpholine rings is 1. The second-order valence-corrected chi connectivity index (χ2v) is 7.42. The predicted octanol–water partition coefficient (Wildman–Crippen LogP) is 1.28. The van der Waals surface area contributed by atoms with Crippen molar-refractivity contribution in [3.05, 3.63) is 47.1 Å². The Morgan fingerprint density at radius 1 is 1.25 bits per heavy atom. The largest absolute Gasteiger partial charge is 0.492 e. The lowest BCUT2D eigenvalue weighted by Crippen LogP contribution is -3.15. The van der Waals surface area contributed by atoms with Crippen molar-refractivity contribution in [1.29, 1.82) is 0 Å². The van der Waals surface area contributed by atoms with Crippen molar-refractivity contribution in [2.24, 2.45) is 0 Å². The van der Waals surface area contributed by atoms with Gasteiger partial charge in [-0.1, -0.05) is 41.7 Å². The number of nitrogens with zero attached hydrogens (tertiary/aromatic N) is 3. The molecule has 3 atom stereocenters. The molecule has 1 aliphatic heterocycles. The van der Waals surface area contributed by atoms with Crippen LogP contribution >= 0.6 is 11.3 Å². The van der Waals surface area contributed by atoms with Gasteiger partial charge in [0.15, 0.2) is 6.04 Å². The molecule has 6 nitrogen and oxygen atoms in total. The molecular weight excluding hydrogens is 324 g/mol. The van der Waals surface area contributed by atoms with Gasteiger partial charge >= 0.3 is 0 Å². The number of hydrogen-bond acceptors (Lipinski definition) is 5. The Balaban J connectivity index is 1.81. The lowest BCUT2D eigenvalue weighted by atomic mass is 10.0. The fraction of sp³-hybridized carbons (Fsp3) is 0.412. The van der Waals surface area contributed by atoms with Crippen LogP contribution in [-0.4, -0.2) is 45.0 Å². The minimum Gasteiger partial charge on any atom is -0.492 e. The maximum absolute atomic E-state index is 10.7. The molecule has 1 fully saturated rings. The SMILES string of the molecule is C[C@@H]1C[NH+]([C@@H](c2ccccc2)c2sc3ncnn3c2O)C[C@@H](C)O1. The molecule has 3 aromatic rings. The zero-order valence-corrected chi connectivity index (χ0v) is 14.5. The first-order valence-corrected chi connectivity index (χ1v) is 9.01. The van der Waals surface area contributed by atoms with Crippen molar-refractivity contribution in [1.82, 2.24) is 14.6 Å². The molecule has 0 amide bonds. The summed E-state index contributed by atoms with van der Waals surface area (Å²) in [6.07, 6.45) is 1.86. The third kappa shape index (κ3) is 2.68. The fourth-order valence-corrected chi connectivity index (χ4v) is 4.77. The summed E-state index contributed by atoms with van der Waals surface area (Å²) in [5.41, 5.74) is 1.19. The molecule has 3 heterocycles. The molecular formula is C17H21N4O2S+. The standard InChI is InChI=1S/C17H20N4O2S/c1-11-8-20(9-12(2)23-11)14(13-6-4-3-5-7-13)15-16(22)21-17(24-15)18-10-19-21/h3-7,10-12,14,22H,8-9H2,1-2H3/p+1/t11-,12-,14+/m1/s1. The normalized spacial score (nSPS) is 25.8. The van der Waals surface area contributed by atoms with Gasteiger partial charge in [0.1, 0.15) is 36.5 Å². The van der Waals surface area contributed by atoms with Crippen molar-refractivity contribution >= 4 is 16.3 Å². The van der Waals surface area contributed by atoms with Gasteiger partial charge < -0.3 is 14.7 Å². The van der Waals surface area contributed by atoms with E-state index >= 15 is 0 Å². The Kier molecular flexibility index (Phi) is 3.99. The zero-order valence-electron chi connectivity index (χ0n) is 13.7. The molecule has 1 aromatic carbocycles. The molecule has 2 aromatic heterocycles. The van der Waals surface area contributed by atoms with Gasteiger partial charge in [0.25, 0.3) is 0 Å². The van der Waals surface area contributed by atoms with Gasteiger partial charge in [-0.3, -0.25) is 0 Å². The third-order valence-corrected chi connectivity index (χ3v) is 5.61. The minimum absolute atomic E-state index is 0.0495. The Labute approximate surface area is 144 Å². The minimum atomic E-state index is 0.0495. The van der Waals surface area contributed by atoms with Crippen LogP contribution in [0.1, 0.15) is 30.3 Å². The molecule has 0 unspecified atom stereocenters. The van der Waals surface area contributed by atoms with Crippen LogP contribution < -0.4 is 4.90 Å². The average molecular weight is 345 g/mol. The summed E-state index contributed by atoms with van der Waals surface area (Å²) in [6, 6.07) is 10.4. The Bertz CT molecular complexity index is 822. The van der Waals surface area contributed by atoms with Crippen molar-refractivity contribution in [2.75, 3.05) is 13.1 Å². The van der Waals surface area contributed by atoms with E-state index in [1.165, 1.54) is 32.6 Å². The van der Waals surface area contributed by atoms with Crippen molar-refractivity contribution in [3.63, 3.8) is 0 Å². The second kappa shape index (κ2) is 6.16. The van der Waals surface area contributed by atoms with E-state index in [4.69, 9.17) is 4.74 Å². The monoisotopic (exact) mass is 345 g/mol. The second-order valence-electron chi connectivity index (χ2n) is 6.41. The molecule has 126 valence electrons. The fourth-order valence-electron chi connectivity index (χ4n) is 3.65. The van der Waals surface area contributed by atoms with E-state index in [9.17, 15) is 5.11 Å². The van der Waals surface area contributed by atoms with Gasteiger partial charge in [-0.05, 0) is 13.8 Å². The van der Waals surface area contributed by atoms with Crippen molar-refractivity contribution < 1.29 is 14.7 Å². The van der Waals surface area contributed by atoms with Gasteiger partial charge in [0.05, 0.1) is 0 Å². The Morgan fingerprint density at radius 2 is 1.96 bits per heavy atom. The first-order valence-electron chi connectivity index (χ1n) is 8.20. The Hall–Kier alpha value is -1.96. The lowest BCUT2D eigenvalue weighted by Gasteiger charge is -2.37. The molecule has 0 saturated carbocycles. The van der Waals surface area contributed by atoms with Crippen LogP contribution in [0.3, 0.4) is 0 Å². The van der Waals surface area contributed by atoms with Gasteiger partial charge in [-0.2, -0.15) is 9.61 Å². The number of fused-ring (bicyclic) bond motifs is 1. The summed E-state index contributed by atoms with van der Waals surface area (Å²) >= 11 is 1.51. The molecule has 4 rings (SSSR count). The number of hydrogen-bond donors (Lipinski definition) is 2. The van der Waals surface area contributed by atoms with Crippen LogP contribution in [0.5, 0.6) is 5.88 Å². The van der Waals surface area contributed by atoms with Gasteiger partial charge in [0.2, 0.25) is 10.8 Å². The molecule has 7 heteroatoms. The van der Waals surface area contributed by atoms with Crippen LogP contribution in [-0.2, 0) is 4.74 Å². The molecule has 0 aliphatic carbocycles. The maximum atomic E-state index is 10.7. The van der Waals surface area contributed by atoms with Gasteiger partial charge in [-0.15, -0.1) is 0 Å².